The summed E-state index contributed by atoms with van der Waals surface area (Å²) >= 11 is 0. The molecular weight excluding hydrogens is 295 g/mol. The molecule has 4 nitrogen and oxygen atoms in total. The van der Waals surface area contributed by atoms with Crippen molar-refractivity contribution in [2.45, 2.75) is 6.04 Å². The number of ether oxygens (including phenoxy) is 1. The van der Waals surface area contributed by atoms with Crippen LogP contribution in [0.5, 0.6) is 5.75 Å². The van der Waals surface area contributed by atoms with Gasteiger partial charge in [0.05, 0.1) is 13.2 Å². The number of nitrogens with one attached hydrogen (secondary N) is 1. The number of piperazine rings is 1. The Morgan fingerprint density at radius 2 is 1.96 bits per heavy atom. The lowest BCUT2D eigenvalue weighted by Crippen LogP contribution is -2.48. The number of halogens is 1. The largest absolute Gasteiger partial charge is 0.496 e. The number of carbonyl (C=O) groups is 1. The quantitative estimate of drug-likeness (QED) is 0.947. The minimum absolute atomic E-state index is 0.0950. The molecule has 5 heteroatoms. The van der Waals surface area contributed by atoms with Crippen LogP contribution >= 0.6 is 0 Å². The smallest absolute Gasteiger partial charge is 0.254 e. The molecule has 2 aromatic carbocycles. The molecular formula is C18H19FN2O2. The van der Waals surface area contributed by atoms with E-state index in [4.69, 9.17) is 4.74 Å². The molecule has 1 aliphatic rings. The summed E-state index contributed by atoms with van der Waals surface area (Å²) in [4.78, 5) is 14.7. The van der Waals surface area contributed by atoms with Crippen molar-refractivity contribution in [3.05, 3.63) is 65.5 Å². The molecule has 0 aliphatic carbocycles. The highest BCUT2D eigenvalue weighted by Gasteiger charge is 2.30. The molecule has 1 heterocycles. The number of carbonyl (C=O) groups excluding carboxylic acids is 1. The summed E-state index contributed by atoms with van der Waals surface area (Å²) in [5.41, 5.74) is 1.46. The highest BCUT2D eigenvalue weighted by molar-refractivity contribution is 5.94. The first-order valence-electron chi connectivity index (χ1n) is 7.61. The van der Waals surface area contributed by atoms with Gasteiger partial charge in [0, 0.05) is 30.8 Å². The Morgan fingerprint density at radius 3 is 2.70 bits per heavy atom. The van der Waals surface area contributed by atoms with Gasteiger partial charge in [-0.2, -0.15) is 0 Å². The fourth-order valence-electron chi connectivity index (χ4n) is 2.93. The van der Waals surface area contributed by atoms with E-state index in [1.54, 1.807) is 7.11 Å². The average Bonchev–Trinajstić information content (AvgIpc) is 2.62. The van der Waals surface area contributed by atoms with E-state index >= 15 is 0 Å². The van der Waals surface area contributed by atoms with Gasteiger partial charge in [-0.3, -0.25) is 4.79 Å². The number of amides is 1. The molecule has 2 aromatic rings. The van der Waals surface area contributed by atoms with Crippen molar-refractivity contribution in [3.63, 3.8) is 0 Å². The molecule has 0 bridgehead atoms. The van der Waals surface area contributed by atoms with E-state index in [-0.39, 0.29) is 17.8 Å². The average molecular weight is 314 g/mol. The zero-order valence-corrected chi connectivity index (χ0v) is 13.0. The van der Waals surface area contributed by atoms with E-state index in [1.165, 1.54) is 24.3 Å². The number of benzene rings is 2. The van der Waals surface area contributed by atoms with Gasteiger partial charge in [0.1, 0.15) is 11.6 Å². The molecule has 0 saturated carbocycles. The highest BCUT2D eigenvalue weighted by atomic mass is 19.1. The fourth-order valence-corrected chi connectivity index (χ4v) is 2.93. The molecule has 1 saturated heterocycles. The molecule has 0 radical (unpaired) electrons. The molecule has 1 unspecified atom stereocenters. The van der Waals surface area contributed by atoms with Crippen LogP contribution in [-0.4, -0.2) is 37.6 Å². The second-order valence-electron chi connectivity index (χ2n) is 5.47. The van der Waals surface area contributed by atoms with Crippen LogP contribution in [0.2, 0.25) is 0 Å². The first kappa shape index (κ1) is 15.5. The highest BCUT2D eigenvalue weighted by Crippen LogP contribution is 2.31. The van der Waals surface area contributed by atoms with Crippen LogP contribution in [0.15, 0.2) is 48.5 Å². The predicted molar refractivity (Wildman–Crippen MR) is 86.0 cm³/mol. The molecule has 1 aliphatic heterocycles. The second-order valence-corrected chi connectivity index (χ2v) is 5.47. The van der Waals surface area contributed by atoms with Gasteiger partial charge in [-0.05, 0) is 30.3 Å². The normalized spacial score (nSPS) is 17.8. The van der Waals surface area contributed by atoms with Crippen LogP contribution < -0.4 is 10.1 Å². The lowest BCUT2D eigenvalue weighted by Gasteiger charge is -2.37. The minimum Gasteiger partial charge on any atom is -0.496 e. The number of methoxy groups -OCH3 is 1. The summed E-state index contributed by atoms with van der Waals surface area (Å²) in [6.45, 7) is 1.99. The number of rotatable bonds is 3. The molecule has 23 heavy (non-hydrogen) atoms. The maximum absolute atomic E-state index is 13.1. The van der Waals surface area contributed by atoms with Gasteiger partial charge in [0.15, 0.2) is 0 Å². The Labute approximate surface area is 134 Å². The van der Waals surface area contributed by atoms with Crippen LogP contribution in [0.1, 0.15) is 22.0 Å². The molecule has 120 valence electrons. The fraction of sp³-hybridized carbons (Fsp3) is 0.278. The third-order valence-corrected chi connectivity index (χ3v) is 4.09. The van der Waals surface area contributed by atoms with Gasteiger partial charge in [-0.15, -0.1) is 0 Å². The molecule has 1 fully saturated rings. The van der Waals surface area contributed by atoms with Crippen LogP contribution in [0.3, 0.4) is 0 Å². The Morgan fingerprint density at radius 1 is 1.22 bits per heavy atom. The standard InChI is InChI=1S/C18H19FN2O2/c1-23-17-5-3-2-4-15(17)16-12-20-10-11-21(16)18(22)13-6-8-14(19)9-7-13/h2-9,16,20H,10-12H2,1H3. The van der Waals surface area contributed by atoms with Crippen LogP contribution in [-0.2, 0) is 0 Å². The van der Waals surface area contributed by atoms with E-state index in [2.05, 4.69) is 5.32 Å². The Bertz CT molecular complexity index is 688. The van der Waals surface area contributed by atoms with Crippen molar-refractivity contribution in [2.24, 2.45) is 0 Å². The van der Waals surface area contributed by atoms with Gasteiger partial charge < -0.3 is 15.0 Å². The monoisotopic (exact) mass is 314 g/mol. The summed E-state index contributed by atoms with van der Waals surface area (Å²) in [6.07, 6.45) is 0. The third-order valence-electron chi connectivity index (χ3n) is 4.09. The Hall–Kier alpha value is -2.40. The van der Waals surface area contributed by atoms with Crippen LogP contribution in [0.4, 0.5) is 4.39 Å². The van der Waals surface area contributed by atoms with Gasteiger partial charge in [0.25, 0.3) is 5.91 Å². The van der Waals surface area contributed by atoms with Crippen molar-refractivity contribution in [1.82, 2.24) is 10.2 Å². The van der Waals surface area contributed by atoms with Gasteiger partial charge in [0.2, 0.25) is 0 Å². The van der Waals surface area contributed by atoms with E-state index in [1.807, 2.05) is 29.2 Å². The van der Waals surface area contributed by atoms with Gasteiger partial charge in [-0.1, -0.05) is 18.2 Å². The molecule has 0 aromatic heterocycles. The first-order valence-corrected chi connectivity index (χ1v) is 7.61. The number of nitrogens with zero attached hydrogens (tertiary/aromatic N) is 1. The van der Waals surface area contributed by atoms with Crippen LogP contribution in [0, 0.1) is 5.82 Å². The number of para-hydroxylation sites is 1. The lowest BCUT2D eigenvalue weighted by atomic mass is 10.0. The maximum Gasteiger partial charge on any atom is 0.254 e. The Balaban J connectivity index is 1.92. The summed E-state index contributed by atoms with van der Waals surface area (Å²) < 4.78 is 18.5. The summed E-state index contributed by atoms with van der Waals surface area (Å²) in [5, 5.41) is 3.32. The molecule has 0 spiro atoms. The SMILES string of the molecule is COc1ccccc1C1CNCCN1C(=O)c1ccc(F)cc1. The zero-order chi connectivity index (χ0) is 16.2. The lowest BCUT2D eigenvalue weighted by molar-refractivity contribution is 0.0631. The topological polar surface area (TPSA) is 41.6 Å². The van der Waals surface area contributed by atoms with E-state index < -0.39 is 0 Å². The predicted octanol–water partition coefficient (Wildman–Crippen LogP) is 2.62. The van der Waals surface area contributed by atoms with Crippen molar-refractivity contribution in [2.75, 3.05) is 26.7 Å². The second kappa shape index (κ2) is 6.79. The number of hydrogen-bond acceptors (Lipinski definition) is 3. The third kappa shape index (κ3) is 3.19. The first-order chi connectivity index (χ1) is 11.2. The van der Waals surface area contributed by atoms with E-state index in [9.17, 15) is 9.18 Å². The van der Waals surface area contributed by atoms with Crippen molar-refractivity contribution in [1.29, 1.82) is 0 Å². The van der Waals surface area contributed by atoms with E-state index in [0.717, 1.165) is 17.9 Å². The summed E-state index contributed by atoms with van der Waals surface area (Å²) in [6, 6.07) is 13.3. The molecule has 3 rings (SSSR count). The number of hydrogen-bond donors (Lipinski definition) is 1. The molecule has 1 N–H and O–H groups in total. The van der Waals surface area contributed by atoms with Crippen LogP contribution in [0.25, 0.3) is 0 Å². The van der Waals surface area contributed by atoms with Gasteiger partial charge >= 0.3 is 0 Å². The summed E-state index contributed by atoms with van der Waals surface area (Å²) in [7, 11) is 1.63. The maximum atomic E-state index is 13.1. The van der Waals surface area contributed by atoms with Gasteiger partial charge in [-0.25, -0.2) is 4.39 Å². The minimum atomic E-state index is -0.344. The molecule has 1 amide bonds. The summed E-state index contributed by atoms with van der Waals surface area (Å²) in [5.74, 6) is 0.323. The van der Waals surface area contributed by atoms with E-state index in [0.29, 0.717) is 18.7 Å². The molecule has 1 atom stereocenters. The van der Waals surface area contributed by atoms with Crippen molar-refractivity contribution in [3.8, 4) is 5.75 Å². The Kier molecular flexibility index (Phi) is 4.57. The van der Waals surface area contributed by atoms with Crippen molar-refractivity contribution >= 4 is 5.91 Å². The zero-order valence-electron chi connectivity index (χ0n) is 13.0. The van der Waals surface area contributed by atoms with Crippen molar-refractivity contribution < 1.29 is 13.9 Å².